The Balaban J connectivity index is 1.46. The van der Waals surface area contributed by atoms with E-state index in [1.165, 1.54) is 22.0 Å². The van der Waals surface area contributed by atoms with Gasteiger partial charge in [-0.2, -0.15) is 0 Å². The van der Waals surface area contributed by atoms with E-state index in [1.807, 2.05) is 19.3 Å². The minimum Gasteiger partial charge on any atom is -0.388 e. The highest BCUT2D eigenvalue weighted by atomic mass is 32.2. The van der Waals surface area contributed by atoms with Gasteiger partial charge in [0.25, 0.3) is 0 Å². The van der Waals surface area contributed by atoms with Crippen molar-refractivity contribution in [1.29, 1.82) is 0 Å². The Kier molecular flexibility index (Phi) is 6.69. The number of hydrogen-bond donors (Lipinski definition) is 2. The van der Waals surface area contributed by atoms with Crippen molar-refractivity contribution in [2.45, 2.75) is 0 Å². The van der Waals surface area contributed by atoms with Crippen molar-refractivity contribution in [3.8, 4) is 0 Å². The van der Waals surface area contributed by atoms with Crippen molar-refractivity contribution < 1.29 is 0 Å². The van der Waals surface area contributed by atoms with E-state index in [2.05, 4.69) is 82.3 Å². The molecule has 2 aromatic carbocycles. The molecular weight excluding hydrogens is 356 g/mol. The lowest BCUT2D eigenvalue weighted by molar-refractivity contribution is 1.48. The van der Waals surface area contributed by atoms with E-state index in [-0.39, 0.29) is 0 Å². The average Bonchev–Trinajstić information content (AvgIpc) is 3.14. The number of rotatable bonds is 8. The average molecular weight is 379 g/mol. The maximum atomic E-state index is 3.87. The number of nitrogens with one attached hydrogen (secondary N) is 2. The van der Waals surface area contributed by atoms with Crippen LogP contribution in [0.25, 0.3) is 29.1 Å². The normalized spacial score (nSPS) is 11.6. The second-order valence-electron chi connectivity index (χ2n) is 5.68. The molecule has 2 N–H and O–H groups in total. The first-order valence-corrected chi connectivity index (χ1v) is 10.5. The molecule has 26 heavy (non-hydrogen) atoms. The van der Waals surface area contributed by atoms with Crippen LogP contribution in [0.4, 0.5) is 5.69 Å². The molecule has 4 heteroatoms. The van der Waals surface area contributed by atoms with E-state index in [9.17, 15) is 0 Å². The summed E-state index contributed by atoms with van der Waals surface area (Å²) < 4.78 is 0. The van der Waals surface area contributed by atoms with Crippen LogP contribution in [0, 0.1) is 0 Å². The van der Waals surface area contributed by atoms with E-state index >= 15 is 0 Å². The van der Waals surface area contributed by atoms with Crippen LogP contribution in [0.2, 0.25) is 0 Å². The van der Waals surface area contributed by atoms with Crippen LogP contribution in [-0.4, -0.2) is 17.1 Å². The highest BCUT2D eigenvalue weighted by Gasteiger charge is 1.97. The van der Waals surface area contributed by atoms with Crippen molar-refractivity contribution >= 4 is 58.3 Å². The Morgan fingerprint density at radius 3 is 2.46 bits per heavy atom. The molecule has 3 aromatic rings. The summed E-state index contributed by atoms with van der Waals surface area (Å²) in [6.07, 6.45) is 8.15. The molecule has 0 aliphatic rings. The number of fused-ring (bicyclic) bond motifs is 1. The van der Waals surface area contributed by atoms with Gasteiger partial charge in [-0.3, -0.25) is 0 Å². The summed E-state index contributed by atoms with van der Waals surface area (Å²) in [5.41, 5.74) is 5.82. The fourth-order valence-electron chi connectivity index (χ4n) is 2.63. The largest absolute Gasteiger partial charge is 0.388 e. The van der Waals surface area contributed by atoms with Crippen LogP contribution in [0.5, 0.6) is 0 Å². The minimum absolute atomic E-state index is 0.988. The summed E-state index contributed by atoms with van der Waals surface area (Å²) >= 11 is 3.60. The molecule has 2 nitrogen and oxygen atoms in total. The van der Waals surface area contributed by atoms with Crippen molar-refractivity contribution in [1.82, 2.24) is 4.98 Å². The van der Waals surface area contributed by atoms with Gasteiger partial charge in [-0.15, -0.1) is 23.5 Å². The van der Waals surface area contributed by atoms with Gasteiger partial charge in [0, 0.05) is 29.5 Å². The standard InChI is InChI=1S/C22H22N2S2/c1-3-19-14-17(4-6-21(19)23-2)9-12-25-16-26-13-10-18-5-7-22-20(15-18)8-11-24-22/h3-15,23-24H,1,16H2,2H3/b12-9+,13-10+. The number of benzene rings is 2. The van der Waals surface area contributed by atoms with Gasteiger partial charge in [0.05, 0.1) is 0 Å². The molecule has 0 fully saturated rings. The van der Waals surface area contributed by atoms with E-state index in [1.54, 1.807) is 23.5 Å². The second-order valence-corrected chi connectivity index (χ2v) is 7.84. The van der Waals surface area contributed by atoms with Crippen LogP contribution >= 0.6 is 23.5 Å². The summed E-state index contributed by atoms with van der Waals surface area (Å²) in [5, 5.41) is 9.71. The molecule has 0 amide bonds. The second kappa shape index (κ2) is 9.41. The summed E-state index contributed by atoms with van der Waals surface area (Å²) in [6, 6.07) is 14.9. The molecule has 0 aliphatic carbocycles. The first-order valence-electron chi connectivity index (χ1n) is 8.38. The van der Waals surface area contributed by atoms with Crippen molar-refractivity contribution in [2.24, 2.45) is 0 Å². The molecular formula is C22H22N2S2. The third-order valence-corrected chi connectivity index (χ3v) is 5.74. The minimum atomic E-state index is 0.988. The van der Waals surface area contributed by atoms with Crippen molar-refractivity contribution in [3.63, 3.8) is 0 Å². The molecule has 0 saturated heterocycles. The Labute approximate surface area is 163 Å². The third-order valence-electron chi connectivity index (χ3n) is 3.99. The number of aromatic amines is 1. The molecule has 1 aromatic heterocycles. The number of hydrogen-bond acceptors (Lipinski definition) is 3. The zero-order valence-electron chi connectivity index (χ0n) is 14.7. The smallest absolute Gasteiger partial charge is 0.0474 e. The van der Waals surface area contributed by atoms with Crippen molar-refractivity contribution in [3.05, 3.63) is 82.7 Å². The first-order chi connectivity index (χ1) is 12.8. The number of H-pyrrole nitrogens is 1. The molecule has 0 spiro atoms. The van der Waals surface area contributed by atoms with E-state index in [0.717, 1.165) is 16.3 Å². The Bertz CT molecular complexity index is 938. The zero-order valence-corrected chi connectivity index (χ0v) is 16.4. The van der Waals surface area contributed by atoms with Crippen LogP contribution in [0.15, 0.2) is 66.1 Å². The fraction of sp³-hybridized carbons (Fsp3) is 0.0909. The number of thioether (sulfide) groups is 2. The number of anilines is 1. The highest BCUT2D eigenvalue weighted by molar-refractivity contribution is 8.18. The quantitative estimate of drug-likeness (QED) is 0.329. The molecule has 0 bridgehead atoms. The summed E-state index contributed by atoms with van der Waals surface area (Å²) in [5.74, 6) is 0. The molecule has 0 atom stereocenters. The van der Waals surface area contributed by atoms with Crippen LogP contribution < -0.4 is 5.32 Å². The topological polar surface area (TPSA) is 27.8 Å². The molecule has 3 rings (SSSR count). The van der Waals surface area contributed by atoms with Gasteiger partial charge < -0.3 is 10.3 Å². The summed E-state index contributed by atoms with van der Waals surface area (Å²) in [6.45, 7) is 3.87. The van der Waals surface area contributed by atoms with Crippen molar-refractivity contribution in [2.75, 3.05) is 17.4 Å². The lowest BCUT2D eigenvalue weighted by atomic mass is 10.1. The van der Waals surface area contributed by atoms with E-state index < -0.39 is 0 Å². The monoisotopic (exact) mass is 378 g/mol. The van der Waals surface area contributed by atoms with Gasteiger partial charge in [-0.05, 0) is 75.4 Å². The predicted molar refractivity (Wildman–Crippen MR) is 122 cm³/mol. The first kappa shape index (κ1) is 18.5. The molecule has 0 saturated carbocycles. The van der Waals surface area contributed by atoms with E-state index in [4.69, 9.17) is 0 Å². The van der Waals surface area contributed by atoms with Crippen LogP contribution in [-0.2, 0) is 0 Å². The molecule has 0 radical (unpaired) electrons. The Hall–Kier alpha value is -2.30. The van der Waals surface area contributed by atoms with Gasteiger partial charge >= 0.3 is 0 Å². The predicted octanol–water partition coefficient (Wildman–Crippen LogP) is 6.92. The SMILES string of the molecule is C=Cc1cc(/C=C/SCS/C=C/c2ccc3[nH]ccc3c2)ccc1NC. The zero-order chi connectivity index (χ0) is 18.2. The lowest BCUT2D eigenvalue weighted by Gasteiger charge is -2.05. The third kappa shape index (κ3) is 4.87. The van der Waals surface area contributed by atoms with Crippen LogP contribution in [0.3, 0.4) is 0 Å². The fourth-order valence-corrected chi connectivity index (χ4v) is 4.08. The van der Waals surface area contributed by atoms with Gasteiger partial charge in [-0.1, -0.05) is 24.8 Å². The molecule has 132 valence electrons. The van der Waals surface area contributed by atoms with Gasteiger partial charge in [0.15, 0.2) is 0 Å². The summed E-state index contributed by atoms with van der Waals surface area (Å²) in [7, 11) is 1.93. The highest BCUT2D eigenvalue weighted by Crippen LogP contribution is 2.22. The Morgan fingerprint density at radius 2 is 1.73 bits per heavy atom. The molecule has 0 unspecified atom stereocenters. The maximum absolute atomic E-state index is 3.87. The van der Waals surface area contributed by atoms with Gasteiger partial charge in [0.2, 0.25) is 0 Å². The van der Waals surface area contributed by atoms with Gasteiger partial charge in [0.1, 0.15) is 0 Å². The maximum Gasteiger partial charge on any atom is 0.0474 e. The lowest BCUT2D eigenvalue weighted by Crippen LogP contribution is -1.91. The number of aromatic nitrogens is 1. The summed E-state index contributed by atoms with van der Waals surface area (Å²) in [4.78, 5) is 3.21. The van der Waals surface area contributed by atoms with Crippen LogP contribution in [0.1, 0.15) is 16.7 Å². The van der Waals surface area contributed by atoms with Gasteiger partial charge in [-0.25, -0.2) is 0 Å². The van der Waals surface area contributed by atoms with E-state index in [0.29, 0.717) is 0 Å². The molecule has 1 heterocycles. The Morgan fingerprint density at radius 1 is 1.00 bits per heavy atom. The molecule has 0 aliphatic heterocycles.